The minimum atomic E-state index is -1.06. The van der Waals surface area contributed by atoms with Gasteiger partial charge in [0.05, 0.1) is 0 Å². The summed E-state index contributed by atoms with van der Waals surface area (Å²) >= 11 is 0. The predicted octanol–water partition coefficient (Wildman–Crippen LogP) is 10.7. The van der Waals surface area contributed by atoms with Gasteiger partial charge in [0, 0.05) is 11.1 Å². The standard InChI is InChI=1S/C35H34F6/c1-3-5-6-7-9-25-18-20-28(34(40)32(25)38)22-10-12-23(13-11-22)29-21-19-27(33(39)35(29)41)17-16-26-15-14-24(8-4-2)30(36)31(26)37/h10-15,18-21H,3-9,16-17H2,1-2H3. The van der Waals surface area contributed by atoms with Crippen molar-refractivity contribution in [1.82, 2.24) is 0 Å². The SMILES string of the molecule is CCCCCCc1ccc(-c2ccc(-c3ccc(CCc4ccc(CCC)c(F)c4F)c(F)c3F)cc2)c(F)c1F. The lowest BCUT2D eigenvalue weighted by Crippen LogP contribution is -2.04. The maximum Gasteiger partial charge on any atom is 0.166 e. The van der Waals surface area contributed by atoms with E-state index in [4.69, 9.17) is 0 Å². The largest absolute Gasteiger partial charge is 0.203 e. The number of hydrogen-bond donors (Lipinski definition) is 0. The van der Waals surface area contributed by atoms with Gasteiger partial charge in [0.1, 0.15) is 0 Å². The van der Waals surface area contributed by atoms with Crippen LogP contribution in [0.2, 0.25) is 0 Å². The van der Waals surface area contributed by atoms with Crippen molar-refractivity contribution in [3.8, 4) is 22.3 Å². The zero-order chi connectivity index (χ0) is 29.5. The number of aryl methyl sites for hydroxylation is 4. The first-order valence-corrected chi connectivity index (χ1v) is 14.3. The summed E-state index contributed by atoms with van der Waals surface area (Å²) in [5.41, 5.74) is 1.68. The smallest absolute Gasteiger partial charge is 0.166 e. The number of benzene rings is 4. The first-order chi connectivity index (χ1) is 19.8. The molecule has 0 aliphatic heterocycles. The Labute approximate surface area is 238 Å². The van der Waals surface area contributed by atoms with E-state index in [9.17, 15) is 22.0 Å². The average molecular weight is 569 g/mol. The van der Waals surface area contributed by atoms with Gasteiger partial charge in [-0.2, -0.15) is 0 Å². The Kier molecular flexibility index (Phi) is 10.3. The predicted molar refractivity (Wildman–Crippen MR) is 153 cm³/mol. The molecule has 0 nitrogen and oxygen atoms in total. The van der Waals surface area contributed by atoms with Crippen molar-refractivity contribution >= 4 is 0 Å². The van der Waals surface area contributed by atoms with Crippen LogP contribution in [0.4, 0.5) is 26.3 Å². The molecule has 0 saturated heterocycles. The number of rotatable bonds is 12. The van der Waals surface area contributed by atoms with Gasteiger partial charge in [-0.05, 0) is 65.5 Å². The highest BCUT2D eigenvalue weighted by Crippen LogP contribution is 2.32. The Morgan fingerprint density at radius 2 is 0.756 bits per heavy atom. The van der Waals surface area contributed by atoms with Crippen LogP contribution in [0, 0.1) is 34.9 Å². The van der Waals surface area contributed by atoms with E-state index in [2.05, 4.69) is 6.92 Å². The van der Waals surface area contributed by atoms with Gasteiger partial charge in [-0.1, -0.05) is 100 Å². The fourth-order valence-corrected chi connectivity index (χ4v) is 5.14. The van der Waals surface area contributed by atoms with Crippen LogP contribution in [-0.4, -0.2) is 0 Å². The van der Waals surface area contributed by atoms with Gasteiger partial charge >= 0.3 is 0 Å². The average Bonchev–Trinajstić information content (AvgIpc) is 2.98. The third-order valence-corrected chi connectivity index (χ3v) is 7.56. The minimum Gasteiger partial charge on any atom is -0.203 e. The van der Waals surface area contributed by atoms with Gasteiger partial charge < -0.3 is 0 Å². The van der Waals surface area contributed by atoms with Crippen LogP contribution in [0.5, 0.6) is 0 Å². The zero-order valence-corrected chi connectivity index (χ0v) is 23.4. The Bertz CT molecular complexity index is 1490. The molecule has 4 rings (SSSR count). The molecule has 0 amide bonds. The Hall–Kier alpha value is -3.54. The van der Waals surface area contributed by atoms with E-state index < -0.39 is 34.9 Å². The molecule has 0 spiro atoms. The third kappa shape index (κ3) is 6.86. The monoisotopic (exact) mass is 568 g/mol. The van der Waals surface area contributed by atoms with Crippen molar-refractivity contribution in [2.24, 2.45) is 0 Å². The lowest BCUT2D eigenvalue weighted by molar-refractivity contribution is 0.485. The molecule has 0 N–H and O–H groups in total. The quantitative estimate of drug-likeness (QED) is 0.118. The summed E-state index contributed by atoms with van der Waals surface area (Å²) in [6.45, 7) is 3.96. The van der Waals surface area contributed by atoms with E-state index in [-0.39, 0.29) is 35.1 Å². The molecule has 4 aromatic rings. The Morgan fingerprint density at radius 3 is 1.20 bits per heavy atom. The summed E-state index contributed by atoms with van der Waals surface area (Å²) in [6.07, 6.45) is 5.44. The lowest BCUT2D eigenvalue weighted by atomic mass is 9.95. The second kappa shape index (κ2) is 13.9. The van der Waals surface area contributed by atoms with E-state index >= 15 is 4.39 Å². The number of halogens is 6. The second-order valence-corrected chi connectivity index (χ2v) is 10.5. The van der Waals surface area contributed by atoms with Crippen LogP contribution < -0.4 is 0 Å². The van der Waals surface area contributed by atoms with Gasteiger partial charge in [0.15, 0.2) is 34.9 Å². The van der Waals surface area contributed by atoms with Gasteiger partial charge in [0.25, 0.3) is 0 Å². The summed E-state index contributed by atoms with van der Waals surface area (Å²) in [5.74, 6) is -5.75. The van der Waals surface area contributed by atoms with Crippen molar-refractivity contribution in [3.63, 3.8) is 0 Å². The fraction of sp³-hybridized carbons (Fsp3) is 0.314. The highest BCUT2D eigenvalue weighted by atomic mass is 19.2. The molecule has 216 valence electrons. The van der Waals surface area contributed by atoms with Crippen molar-refractivity contribution in [3.05, 3.63) is 118 Å². The normalized spacial score (nSPS) is 11.3. The molecule has 0 atom stereocenters. The molecular formula is C35H34F6. The molecule has 0 aromatic heterocycles. The second-order valence-electron chi connectivity index (χ2n) is 10.5. The molecule has 6 heteroatoms. The molecule has 0 bridgehead atoms. The highest BCUT2D eigenvalue weighted by molar-refractivity contribution is 5.71. The van der Waals surface area contributed by atoms with Crippen molar-refractivity contribution < 1.29 is 26.3 Å². The first kappa shape index (κ1) is 30.4. The van der Waals surface area contributed by atoms with Gasteiger partial charge in [-0.15, -0.1) is 0 Å². The van der Waals surface area contributed by atoms with Crippen LogP contribution in [0.1, 0.15) is 68.2 Å². The summed E-state index contributed by atoms with van der Waals surface area (Å²) < 4.78 is 88.4. The minimum absolute atomic E-state index is 0.00743. The van der Waals surface area contributed by atoms with Gasteiger partial charge in [-0.3, -0.25) is 0 Å². The fourth-order valence-electron chi connectivity index (χ4n) is 5.14. The summed E-state index contributed by atoms with van der Waals surface area (Å²) in [5, 5.41) is 0. The Balaban J connectivity index is 1.49. The van der Waals surface area contributed by atoms with E-state index in [0.29, 0.717) is 41.5 Å². The Morgan fingerprint density at radius 1 is 0.366 bits per heavy atom. The molecule has 0 unspecified atom stereocenters. The number of unbranched alkanes of at least 4 members (excludes halogenated alkanes) is 3. The van der Waals surface area contributed by atoms with E-state index in [1.54, 1.807) is 24.3 Å². The summed E-state index contributed by atoms with van der Waals surface area (Å²) in [4.78, 5) is 0. The van der Waals surface area contributed by atoms with Crippen molar-refractivity contribution in [2.75, 3.05) is 0 Å². The molecular weight excluding hydrogens is 534 g/mol. The lowest BCUT2D eigenvalue weighted by Gasteiger charge is -2.12. The maximum absolute atomic E-state index is 15.1. The van der Waals surface area contributed by atoms with Gasteiger partial charge in [-0.25, -0.2) is 26.3 Å². The first-order valence-electron chi connectivity index (χ1n) is 14.3. The molecule has 0 heterocycles. The summed E-state index contributed by atoms with van der Waals surface area (Å²) in [7, 11) is 0. The van der Waals surface area contributed by atoms with Crippen LogP contribution in [0.25, 0.3) is 22.3 Å². The van der Waals surface area contributed by atoms with Crippen LogP contribution >= 0.6 is 0 Å². The van der Waals surface area contributed by atoms with Crippen LogP contribution in [0.15, 0.2) is 60.7 Å². The van der Waals surface area contributed by atoms with Crippen molar-refractivity contribution in [2.45, 2.75) is 71.6 Å². The van der Waals surface area contributed by atoms with Crippen LogP contribution in [-0.2, 0) is 25.7 Å². The van der Waals surface area contributed by atoms with E-state index in [1.807, 2.05) is 6.92 Å². The zero-order valence-electron chi connectivity index (χ0n) is 23.4. The van der Waals surface area contributed by atoms with Crippen LogP contribution in [0.3, 0.4) is 0 Å². The van der Waals surface area contributed by atoms with E-state index in [1.165, 1.54) is 36.4 Å². The molecule has 4 aromatic carbocycles. The topological polar surface area (TPSA) is 0 Å². The number of hydrogen-bond acceptors (Lipinski definition) is 0. The molecule has 0 aliphatic carbocycles. The molecule has 0 fully saturated rings. The van der Waals surface area contributed by atoms with Crippen molar-refractivity contribution in [1.29, 1.82) is 0 Å². The molecule has 0 radical (unpaired) electrons. The third-order valence-electron chi connectivity index (χ3n) is 7.56. The van der Waals surface area contributed by atoms with E-state index in [0.717, 1.165) is 25.7 Å². The maximum atomic E-state index is 15.1. The highest BCUT2D eigenvalue weighted by Gasteiger charge is 2.19. The molecule has 41 heavy (non-hydrogen) atoms. The van der Waals surface area contributed by atoms with Gasteiger partial charge in [0.2, 0.25) is 0 Å². The molecule has 0 saturated carbocycles. The molecule has 0 aliphatic rings. The summed E-state index contributed by atoms with van der Waals surface area (Å²) in [6, 6.07) is 15.2.